The Hall–Kier alpha value is -1.58. The number of benzene rings is 2. The third-order valence-electron chi connectivity index (χ3n) is 3.68. The molecule has 1 heterocycles. The second-order valence-corrected chi connectivity index (χ2v) is 6.65. The minimum Gasteiger partial charge on any atom is -0.358 e. The molecule has 112 valence electrons. The van der Waals surface area contributed by atoms with Crippen molar-refractivity contribution in [1.82, 2.24) is 5.32 Å². The highest BCUT2D eigenvalue weighted by Crippen LogP contribution is 2.39. The topological polar surface area (TPSA) is 12.0 Å². The van der Waals surface area contributed by atoms with Crippen molar-refractivity contribution in [2.75, 3.05) is 0 Å². The van der Waals surface area contributed by atoms with Crippen LogP contribution < -0.4 is 5.32 Å². The molecule has 0 aliphatic carbocycles. The number of hydrogen-bond acceptors (Lipinski definition) is 1. The molecule has 1 atom stereocenters. The first-order chi connectivity index (χ1) is 10.6. The van der Waals surface area contributed by atoms with Crippen molar-refractivity contribution in [3.05, 3.63) is 82.8 Å². The third kappa shape index (κ3) is 2.83. The van der Waals surface area contributed by atoms with Gasteiger partial charge in [-0.05, 0) is 29.7 Å². The van der Waals surface area contributed by atoms with E-state index in [0.717, 1.165) is 23.3 Å². The molecule has 0 saturated heterocycles. The van der Waals surface area contributed by atoms with Crippen molar-refractivity contribution in [1.29, 1.82) is 0 Å². The van der Waals surface area contributed by atoms with E-state index >= 15 is 0 Å². The molecule has 22 heavy (non-hydrogen) atoms. The number of allylic oxidation sites excluding steroid dienone is 2. The van der Waals surface area contributed by atoms with Gasteiger partial charge < -0.3 is 5.32 Å². The van der Waals surface area contributed by atoms with Gasteiger partial charge in [-0.3, -0.25) is 0 Å². The van der Waals surface area contributed by atoms with E-state index in [1.54, 1.807) is 12.1 Å². The van der Waals surface area contributed by atoms with Gasteiger partial charge in [0.1, 0.15) is 5.82 Å². The van der Waals surface area contributed by atoms with Crippen LogP contribution in [0.1, 0.15) is 17.5 Å². The van der Waals surface area contributed by atoms with Crippen LogP contribution in [-0.4, -0.2) is 4.83 Å². The van der Waals surface area contributed by atoms with Crippen LogP contribution in [0, 0.1) is 5.82 Å². The van der Waals surface area contributed by atoms with E-state index in [1.807, 2.05) is 30.3 Å². The first-order valence-corrected chi connectivity index (χ1v) is 8.20. The van der Waals surface area contributed by atoms with Crippen LogP contribution in [0.25, 0.3) is 11.3 Å². The lowest BCUT2D eigenvalue weighted by Gasteiger charge is -2.29. The van der Waals surface area contributed by atoms with Gasteiger partial charge in [0.05, 0.1) is 21.1 Å². The van der Waals surface area contributed by atoms with Crippen LogP contribution in [0.4, 0.5) is 4.39 Å². The van der Waals surface area contributed by atoms with E-state index in [9.17, 15) is 4.39 Å². The molecule has 0 bridgehead atoms. The summed E-state index contributed by atoms with van der Waals surface area (Å²) >= 11 is 9.85. The Morgan fingerprint density at radius 2 is 1.86 bits per heavy atom. The first-order valence-electron chi connectivity index (χ1n) is 6.90. The van der Waals surface area contributed by atoms with E-state index in [2.05, 4.69) is 27.8 Å². The molecule has 0 fully saturated rings. The van der Waals surface area contributed by atoms with Gasteiger partial charge in [-0.2, -0.15) is 0 Å². The Bertz CT molecular complexity index is 735. The largest absolute Gasteiger partial charge is 0.358 e. The van der Waals surface area contributed by atoms with Gasteiger partial charge in [-0.15, -0.1) is 0 Å². The van der Waals surface area contributed by atoms with Gasteiger partial charge in [-0.25, -0.2) is 4.39 Å². The molecule has 1 aliphatic rings. The van der Waals surface area contributed by atoms with Gasteiger partial charge in [0.2, 0.25) is 0 Å². The zero-order valence-corrected chi connectivity index (χ0v) is 14.1. The van der Waals surface area contributed by atoms with Crippen molar-refractivity contribution in [3.8, 4) is 0 Å². The maximum Gasteiger partial charge on any atom is 0.134 e. The van der Waals surface area contributed by atoms with Gasteiger partial charge in [0.25, 0.3) is 0 Å². The average Bonchev–Trinajstić information content (AvgIpc) is 2.51. The highest BCUT2D eigenvalue weighted by atomic mass is 79.9. The maximum absolute atomic E-state index is 14.3. The molecule has 1 aliphatic heterocycles. The standard InChI is InChI=1S/C18H14BrClFN/c1-11-14(19)10-13(12-6-3-2-4-7-12)18(22-11)17-15(20)8-5-9-16(17)21/h2-9,14,22H,1,10H2. The molecular weight excluding hydrogens is 365 g/mol. The lowest BCUT2D eigenvalue weighted by Crippen LogP contribution is -2.26. The molecule has 0 radical (unpaired) electrons. The minimum absolute atomic E-state index is 0.0944. The molecule has 2 aromatic carbocycles. The lowest BCUT2D eigenvalue weighted by atomic mass is 9.91. The van der Waals surface area contributed by atoms with E-state index < -0.39 is 0 Å². The molecule has 0 spiro atoms. The number of nitrogens with one attached hydrogen (secondary N) is 1. The molecular formula is C18H14BrClFN. The predicted molar refractivity (Wildman–Crippen MR) is 94.3 cm³/mol. The number of hydrogen-bond donors (Lipinski definition) is 1. The second kappa shape index (κ2) is 6.27. The fourth-order valence-corrected chi connectivity index (χ4v) is 3.27. The number of alkyl halides is 1. The van der Waals surface area contributed by atoms with Crippen molar-refractivity contribution >= 4 is 38.8 Å². The van der Waals surface area contributed by atoms with E-state index in [4.69, 9.17) is 11.6 Å². The van der Waals surface area contributed by atoms with Gasteiger partial charge in [0, 0.05) is 5.70 Å². The quantitative estimate of drug-likeness (QED) is 0.669. The van der Waals surface area contributed by atoms with Gasteiger partial charge in [0.15, 0.2) is 0 Å². The SMILES string of the molecule is C=C1NC(c2c(F)cccc2Cl)=C(c2ccccc2)CC1Br. The van der Waals surface area contributed by atoms with E-state index in [1.165, 1.54) is 6.07 Å². The van der Waals surface area contributed by atoms with Crippen LogP contribution in [0.5, 0.6) is 0 Å². The molecule has 1 N–H and O–H groups in total. The van der Waals surface area contributed by atoms with Crippen molar-refractivity contribution < 1.29 is 4.39 Å². The summed E-state index contributed by atoms with van der Waals surface area (Å²) in [5.74, 6) is -0.343. The molecule has 0 saturated carbocycles. The summed E-state index contributed by atoms with van der Waals surface area (Å²) in [6.07, 6.45) is 0.718. The molecule has 2 aromatic rings. The van der Waals surface area contributed by atoms with Gasteiger partial charge >= 0.3 is 0 Å². The maximum atomic E-state index is 14.3. The molecule has 1 nitrogen and oxygen atoms in total. The monoisotopic (exact) mass is 377 g/mol. The summed E-state index contributed by atoms with van der Waals surface area (Å²) in [6, 6.07) is 14.6. The van der Waals surface area contributed by atoms with Crippen molar-refractivity contribution in [3.63, 3.8) is 0 Å². The number of rotatable bonds is 2. The molecule has 0 aromatic heterocycles. The molecule has 3 rings (SSSR count). The lowest BCUT2D eigenvalue weighted by molar-refractivity contribution is 0.622. The van der Waals surface area contributed by atoms with Crippen LogP contribution in [0.2, 0.25) is 5.02 Å². The third-order valence-corrected chi connectivity index (χ3v) is 4.88. The molecule has 0 amide bonds. The summed E-state index contributed by atoms with van der Waals surface area (Å²) in [6.45, 7) is 4.00. The summed E-state index contributed by atoms with van der Waals surface area (Å²) in [4.78, 5) is 0.0944. The van der Waals surface area contributed by atoms with E-state index in [0.29, 0.717) is 16.3 Å². The Morgan fingerprint density at radius 3 is 2.55 bits per heavy atom. The Labute approximate surface area is 142 Å². The average molecular weight is 379 g/mol. The van der Waals surface area contributed by atoms with Crippen LogP contribution >= 0.6 is 27.5 Å². The second-order valence-electron chi connectivity index (χ2n) is 5.14. The Balaban J connectivity index is 2.24. The number of halogens is 3. The molecule has 4 heteroatoms. The van der Waals surface area contributed by atoms with Crippen LogP contribution in [-0.2, 0) is 0 Å². The fourth-order valence-electron chi connectivity index (χ4n) is 2.57. The normalized spacial score (nSPS) is 18.3. The highest BCUT2D eigenvalue weighted by molar-refractivity contribution is 9.09. The predicted octanol–water partition coefficient (Wildman–Crippen LogP) is 5.62. The Morgan fingerprint density at radius 1 is 1.14 bits per heavy atom. The summed E-state index contributed by atoms with van der Waals surface area (Å²) in [7, 11) is 0. The van der Waals surface area contributed by atoms with Crippen LogP contribution in [0.3, 0.4) is 0 Å². The highest BCUT2D eigenvalue weighted by Gasteiger charge is 2.26. The van der Waals surface area contributed by atoms with Gasteiger partial charge in [-0.1, -0.05) is 70.5 Å². The molecule has 1 unspecified atom stereocenters. The Kier molecular flexibility index (Phi) is 4.37. The first kappa shape index (κ1) is 15.3. The zero-order chi connectivity index (χ0) is 15.7. The van der Waals surface area contributed by atoms with Crippen molar-refractivity contribution in [2.24, 2.45) is 0 Å². The van der Waals surface area contributed by atoms with E-state index in [-0.39, 0.29) is 10.6 Å². The fraction of sp³-hybridized carbons (Fsp3) is 0.111. The summed E-state index contributed by atoms with van der Waals surface area (Å²) in [5, 5.41) is 3.61. The smallest absolute Gasteiger partial charge is 0.134 e. The summed E-state index contributed by atoms with van der Waals surface area (Å²) in [5.41, 5.74) is 3.94. The van der Waals surface area contributed by atoms with Crippen molar-refractivity contribution in [2.45, 2.75) is 11.2 Å². The zero-order valence-electron chi connectivity index (χ0n) is 11.7. The van der Waals surface area contributed by atoms with Crippen LogP contribution in [0.15, 0.2) is 60.8 Å². The minimum atomic E-state index is -0.343. The summed E-state index contributed by atoms with van der Waals surface area (Å²) < 4.78 is 14.3.